The molecule has 0 saturated heterocycles. The van der Waals surface area contributed by atoms with Crippen LogP contribution in [0, 0.1) is 6.92 Å². The van der Waals surface area contributed by atoms with Crippen LogP contribution in [0.2, 0.25) is 0 Å². The van der Waals surface area contributed by atoms with Gasteiger partial charge in [-0.05, 0) is 63.9 Å². The third-order valence-electron chi connectivity index (χ3n) is 3.25. The minimum absolute atomic E-state index is 0.225. The first kappa shape index (κ1) is 16.1. The van der Waals surface area contributed by atoms with Gasteiger partial charge in [0.1, 0.15) is 5.75 Å². The molecule has 0 bridgehead atoms. The lowest BCUT2D eigenvalue weighted by atomic mass is 10.1. The quantitative estimate of drug-likeness (QED) is 0.809. The zero-order chi connectivity index (χ0) is 15.2. The molecule has 1 N–H and O–H groups in total. The molecule has 0 fully saturated rings. The number of benzene rings is 1. The molecule has 2 rings (SSSR count). The Morgan fingerprint density at radius 2 is 1.76 bits per heavy atom. The fraction of sp³-hybridized carbons (Fsp3) is 0.444. The van der Waals surface area contributed by atoms with Gasteiger partial charge in [-0.25, -0.2) is 0 Å². The largest absolute Gasteiger partial charge is 0.491 e. The van der Waals surface area contributed by atoms with Crippen LogP contribution in [0.4, 0.5) is 0 Å². The molecule has 1 aromatic heterocycles. The van der Waals surface area contributed by atoms with E-state index in [0.717, 1.165) is 18.7 Å². The predicted octanol–water partition coefficient (Wildman–Crippen LogP) is 4.56. The second-order valence-electron chi connectivity index (χ2n) is 5.81. The number of hydrogen-bond acceptors (Lipinski definition) is 3. The van der Waals surface area contributed by atoms with E-state index in [0.29, 0.717) is 6.04 Å². The van der Waals surface area contributed by atoms with Crippen molar-refractivity contribution in [2.24, 2.45) is 0 Å². The van der Waals surface area contributed by atoms with Gasteiger partial charge in [-0.3, -0.25) is 0 Å². The molecular weight excluding hydrogens is 278 g/mol. The van der Waals surface area contributed by atoms with Gasteiger partial charge in [0.25, 0.3) is 0 Å². The molecule has 0 aliphatic heterocycles. The SMILES string of the molecule is Cc1ccc(CC(C)NCc2ccc(OC(C)C)cc2)s1. The highest BCUT2D eigenvalue weighted by Gasteiger charge is 2.05. The summed E-state index contributed by atoms with van der Waals surface area (Å²) in [7, 11) is 0. The summed E-state index contributed by atoms with van der Waals surface area (Å²) in [5, 5.41) is 3.58. The summed E-state index contributed by atoms with van der Waals surface area (Å²) in [6, 6.07) is 13.3. The Kier molecular flexibility index (Phi) is 5.83. The van der Waals surface area contributed by atoms with Crippen LogP contribution in [0.1, 0.15) is 36.1 Å². The van der Waals surface area contributed by atoms with Crippen LogP contribution in [0.25, 0.3) is 0 Å². The number of nitrogens with one attached hydrogen (secondary N) is 1. The lowest BCUT2D eigenvalue weighted by molar-refractivity contribution is 0.242. The Balaban J connectivity index is 1.79. The summed E-state index contributed by atoms with van der Waals surface area (Å²) in [5.74, 6) is 0.941. The standard InChI is InChI=1S/C18H25NOS/c1-13(2)20-17-8-6-16(7-9-17)12-19-14(3)11-18-10-5-15(4)21-18/h5-10,13-14,19H,11-12H2,1-4H3. The molecule has 0 radical (unpaired) electrons. The van der Waals surface area contributed by atoms with Crippen LogP contribution in [0.5, 0.6) is 5.75 Å². The predicted molar refractivity (Wildman–Crippen MR) is 91.3 cm³/mol. The van der Waals surface area contributed by atoms with Gasteiger partial charge in [-0.2, -0.15) is 0 Å². The first-order valence-electron chi connectivity index (χ1n) is 7.57. The van der Waals surface area contributed by atoms with Gasteiger partial charge in [-0.1, -0.05) is 12.1 Å². The molecule has 0 aliphatic carbocycles. The molecule has 1 heterocycles. The highest BCUT2D eigenvalue weighted by Crippen LogP contribution is 2.17. The zero-order valence-corrected chi connectivity index (χ0v) is 14.2. The first-order valence-corrected chi connectivity index (χ1v) is 8.39. The van der Waals surface area contributed by atoms with E-state index in [2.05, 4.69) is 43.4 Å². The van der Waals surface area contributed by atoms with Crippen LogP contribution in [-0.4, -0.2) is 12.1 Å². The third-order valence-corrected chi connectivity index (χ3v) is 4.28. The number of thiophene rings is 1. The Bertz CT molecular complexity index is 545. The summed E-state index contributed by atoms with van der Waals surface area (Å²) in [4.78, 5) is 2.84. The minimum atomic E-state index is 0.225. The third kappa shape index (κ3) is 5.52. The van der Waals surface area contributed by atoms with Crippen molar-refractivity contribution in [3.63, 3.8) is 0 Å². The molecule has 0 spiro atoms. The normalized spacial score (nSPS) is 12.6. The molecule has 2 nitrogen and oxygen atoms in total. The van der Waals surface area contributed by atoms with E-state index in [1.807, 2.05) is 37.3 Å². The Hall–Kier alpha value is -1.32. The van der Waals surface area contributed by atoms with Gasteiger partial charge in [0.05, 0.1) is 6.10 Å². The maximum atomic E-state index is 5.66. The molecule has 1 atom stereocenters. The van der Waals surface area contributed by atoms with Crippen molar-refractivity contribution in [1.29, 1.82) is 0 Å². The monoisotopic (exact) mass is 303 g/mol. The number of aryl methyl sites for hydroxylation is 1. The van der Waals surface area contributed by atoms with Crippen LogP contribution in [0.15, 0.2) is 36.4 Å². The van der Waals surface area contributed by atoms with Crippen LogP contribution in [-0.2, 0) is 13.0 Å². The van der Waals surface area contributed by atoms with E-state index in [-0.39, 0.29) is 6.10 Å². The van der Waals surface area contributed by atoms with E-state index in [1.165, 1.54) is 15.3 Å². The summed E-state index contributed by atoms with van der Waals surface area (Å²) >= 11 is 1.89. The van der Waals surface area contributed by atoms with Gasteiger partial charge in [0, 0.05) is 22.3 Å². The Labute approximate surface area is 132 Å². The van der Waals surface area contributed by atoms with Crippen molar-refractivity contribution in [3.8, 4) is 5.75 Å². The van der Waals surface area contributed by atoms with E-state index in [9.17, 15) is 0 Å². The Morgan fingerprint density at radius 3 is 2.33 bits per heavy atom. The Morgan fingerprint density at radius 1 is 1.05 bits per heavy atom. The van der Waals surface area contributed by atoms with E-state index in [4.69, 9.17) is 4.74 Å². The van der Waals surface area contributed by atoms with Gasteiger partial charge in [0.15, 0.2) is 0 Å². The fourth-order valence-electron chi connectivity index (χ4n) is 2.22. The van der Waals surface area contributed by atoms with Gasteiger partial charge in [-0.15, -0.1) is 11.3 Å². The van der Waals surface area contributed by atoms with Crippen LogP contribution in [0.3, 0.4) is 0 Å². The molecule has 2 aromatic rings. The molecule has 0 aliphatic rings. The lowest BCUT2D eigenvalue weighted by Gasteiger charge is -2.14. The van der Waals surface area contributed by atoms with Crippen molar-refractivity contribution in [2.75, 3.05) is 0 Å². The molecule has 21 heavy (non-hydrogen) atoms. The fourth-order valence-corrected chi connectivity index (χ4v) is 3.24. The number of hydrogen-bond donors (Lipinski definition) is 1. The van der Waals surface area contributed by atoms with Crippen molar-refractivity contribution in [3.05, 3.63) is 51.7 Å². The topological polar surface area (TPSA) is 21.3 Å². The number of rotatable bonds is 7. The van der Waals surface area contributed by atoms with Gasteiger partial charge in [0.2, 0.25) is 0 Å². The second kappa shape index (κ2) is 7.62. The molecule has 114 valence electrons. The van der Waals surface area contributed by atoms with E-state index in [1.54, 1.807) is 0 Å². The molecular formula is C18H25NOS. The zero-order valence-electron chi connectivity index (χ0n) is 13.3. The van der Waals surface area contributed by atoms with Gasteiger partial charge < -0.3 is 10.1 Å². The van der Waals surface area contributed by atoms with Crippen molar-refractivity contribution >= 4 is 11.3 Å². The maximum absolute atomic E-state index is 5.66. The molecule has 0 amide bonds. The second-order valence-corrected chi connectivity index (χ2v) is 7.18. The summed E-state index contributed by atoms with van der Waals surface area (Å²) in [6.45, 7) is 9.39. The maximum Gasteiger partial charge on any atom is 0.119 e. The average Bonchev–Trinajstić information content (AvgIpc) is 2.83. The average molecular weight is 303 g/mol. The van der Waals surface area contributed by atoms with E-state index < -0.39 is 0 Å². The van der Waals surface area contributed by atoms with Crippen molar-refractivity contribution in [1.82, 2.24) is 5.32 Å². The van der Waals surface area contributed by atoms with Crippen molar-refractivity contribution in [2.45, 2.75) is 52.8 Å². The first-order chi connectivity index (χ1) is 10.0. The highest BCUT2D eigenvalue weighted by atomic mass is 32.1. The van der Waals surface area contributed by atoms with Gasteiger partial charge >= 0.3 is 0 Å². The molecule has 3 heteroatoms. The smallest absolute Gasteiger partial charge is 0.119 e. The lowest BCUT2D eigenvalue weighted by Crippen LogP contribution is -2.27. The molecule has 1 aromatic carbocycles. The number of ether oxygens (including phenoxy) is 1. The minimum Gasteiger partial charge on any atom is -0.491 e. The molecule has 1 unspecified atom stereocenters. The summed E-state index contributed by atoms with van der Waals surface area (Å²) in [6.07, 6.45) is 1.32. The van der Waals surface area contributed by atoms with E-state index >= 15 is 0 Å². The molecule has 0 saturated carbocycles. The summed E-state index contributed by atoms with van der Waals surface area (Å²) in [5.41, 5.74) is 1.29. The highest BCUT2D eigenvalue weighted by molar-refractivity contribution is 7.11. The van der Waals surface area contributed by atoms with Crippen molar-refractivity contribution < 1.29 is 4.74 Å². The van der Waals surface area contributed by atoms with Crippen LogP contribution < -0.4 is 10.1 Å². The van der Waals surface area contributed by atoms with Crippen LogP contribution >= 0.6 is 11.3 Å². The summed E-state index contributed by atoms with van der Waals surface area (Å²) < 4.78 is 5.66.